The number of nitrogens with one attached hydrogen (secondary N) is 1. The minimum absolute atomic E-state index is 0.0413. The molecular formula is C27H20Cl2N2O4S. The molecule has 0 unspecified atom stereocenters. The van der Waals surface area contributed by atoms with Gasteiger partial charge in [-0.05, 0) is 54.6 Å². The van der Waals surface area contributed by atoms with Gasteiger partial charge in [-0.15, -0.1) is 0 Å². The highest BCUT2D eigenvalue weighted by Gasteiger charge is 2.21. The number of benzene rings is 4. The van der Waals surface area contributed by atoms with E-state index in [1.54, 1.807) is 48.5 Å². The molecule has 0 aliphatic heterocycles. The van der Waals surface area contributed by atoms with Crippen molar-refractivity contribution in [2.45, 2.75) is 6.54 Å². The second-order valence-electron chi connectivity index (χ2n) is 8.28. The highest BCUT2D eigenvalue weighted by Crippen LogP contribution is 2.31. The van der Waals surface area contributed by atoms with E-state index in [0.717, 1.165) is 22.6 Å². The number of carbonyl (C=O) groups is 1. The highest BCUT2D eigenvalue weighted by atomic mass is 35.5. The first kappa shape index (κ1) is 24.2. The van der Waals surface area contributed by atoms with E-state index in [9.17, 15) is 13.2 Å². The molecule has 5 rings (SSSR count). The van der Waals surface area contributed by atoms with E-state index in [4.69, 9.17) is 27.6 Å². The molecular weight excluding hydrogens is 519 g/mol. The van der Waals surface area contributed by atoms with E-state index in [1.165, 1.54) is 4.31 Å². The van der Waals surface area contributed by atoms with Crippen molar-refractivity contribution in [1.29, 1.82) is 0 Å². The Morgan fingerprint density at radius 3 is 2.22 bits per heavy atom. The molecule has 0 aliphatic rings. The third-order valence-electron chi connectivity index (χ3n) is 5.82. The van der Waals surface area contributed by atoms with Gasteiger partial charge in [-0.3, -0.25) is 9.10 Å². The van der Waals surface area contributed by atoms with Crippen LogP contribution in [-0.2, 0) is 16.6 Å². The summed E-state index contributed by atoms with van der Waals surface area (Å²) in [5.41, 5.74) is 3.28. The number of hydrogen-bond donors (Lipinski definition) is 1. The van der Waals surface area contributed by atoms with Gasteiger partial charge in [-0.25, -0.2) is 8.42 Å². The standard InChI is InChI=1S/C27H20Cl2N2O4S/c1-36(33,34)31(16-22-23(28)6-4-7-24(22)29)19-12-9-17(10-13-19)27(32)30-18-11-14-21-20-5-2-3-8-25(20)35-26(21)15-18/h2-15H,16H2,1H3,(H,30,32). The van der Waals surface area contributed by atoms with Gasteiger partial charge in [0, 0.05) is 43.7 Å². The van der Waals surface area contributed by atoms with Gasteiger partial charge in [-0.2, -0.15) is 0 Å². The van der Waals surface area contributed by atoms with E-state index in [1.807, 2.05) is 36.4 Å². The van der Waals surface area contributed by atoms with Gasteiger partial charge in [0.15, 0.2) is 0 Å². The Hall–Kier alpha value is -3.52. The molecule has 5 aromatic rings. The molecule has 1 amide bonds. The Kier molecular flexibility index (Phi) is 6.38. The quantitative estimate of drug-likeness (QED) is 0.249. The molecule has 1 N–H and O–H groups in total. The predicted octanol–water partition coefficient (Wildman–Crippen LogP) is 7.11. The van der Waals surface area contributed by atoms with Crippen LogP contribution in [-0.4, -0.2) is 20.6 Å². The van der Waals surface area contributed by atoms with Crippen LogP contribution in [0.15, 0.2) is 89.3 Å². The molecule has 0 spiro atoms. The lowest BCUT2D eigenvalue weighted by atomic mass is 10.1. The Labute approximate surface area is 218 Å². The third kappa shape index (κ3) is 4.78. The first-order chi connectivity index (χ1) is 17.2. The molecule has 0 saturated carbocycles. The number of anilines is 2. The Morgan fingerprint density at radius 1 is 0.861 bits per heavy atom. The van der Waals surface area contributed by atoms with E-state index in [0.29, 0.717) is 38.1 Å². The van der Waals surface area contributed by atoms with Gasteiger partial charge in [0.25, 0.3) is 5.91 Å². The Bertz CT molecular complexity index is 1690. The molecule has 182 valence electrons. The number of amides is 1. The predicted molar refractivity (Wildman–Crippen MR) is 146 cm³/mol. The zero-order valence-electron chi connectivity index (χ0n) is 19.0. The van der Waals surface area contributed by atoms with Crippen LogP contribution in [0.5, 0.6) is 0 Å². The zero-order chi connectivity index (χ0) is 25.4. The first-order valence-corrected chi connectivity index (χ1v) is 13.5. The van der Waals surface area contributed by atoms with Gasteiger partial charge >= 0.3 is 0 Å². The van der Waals surface area contributed by atoms with Crippen LogP contribution in [0.25, 0.3) is 21.9 Å². The smallest absolute Gasteiger partial charge is 0.255 e. The summed E-state index contributed by atoms with van der Waals surface area (Å²) in [6.07, 6.45) is 1.10. The molecule has 0 aliphatic carbocycles. The number of nitrogens with zero attached hydrogens (tertiary/aromatic N) is 1. The van der Waals surface area contributed by atoms with E-state index in [-0.39, 0.29) is 12.5 Å². The van der Waals surface area contributed by atoms with Crippen molar-refractivity contribution < 1.29 is 17.6 Å². The number of para-hydroxylation sites is 1. The largest absolute Gasteiger partial charge is 0.456 e. The average Bonchev–Trinajstić information content (AvgIpc) is 3.21. The van der Waals surface area contributed by atoms with Gasteiger partial charge < -0.3 is 9.73 Å². The zero-order valence-corrected chi connectivity index (χ0v) is 21.4. The number of sulfonamides is 1. The summed E-state index contributed by atoms with van der Waals surface area (Å²) in [6, 6.07) is 24.5. The lowest BCUT2D eigenvalue weighted by molar-refractivity contribution is 0.102. The summed E-state index contributed by atoms with van der Waals surface area (Å²) < 4.78 is 32.2. The summed E-state index contributed by atoms with van der Waals surface area (Å²) in [5, 5.41) is 5.57. The molecule has 0 atom stereocenters. The maximum atomic E-state index is 12.9. The number of hydrogen-bond acceptors (Lipinski definition) is 4. The molecule has 1 aromatic heterocycles. The molecule has 9 heteroatoms. The van der Waals surface area contributed by atoms with Crippen LogP contribution in [0.2, 0.25) is 10.0 Å². The number of carbonyl (C=O) groups excluding carboxylic acids is 1. The molecule has 1 heterocycles. The van der Waals surface area contributed by atoms with Crippen molar-refractivity contribution in [3.05, 3.63) is 106 Å². The lowest BCUT2D eigenvalue weighted by Crippen LogP contribution is -2.29. The van der Waals surface area contributed by atoms with E-state index >= 15 is 0 Å². The SMILES string of the molecule is CS(=O)(=O)N(Cc1c(Cl)cccc1Cl)c1ccc(C(=O)Nc2ccc3c(c2)oc2ccccc23)cc1. The fraction of sp³-hybridized carbons (Fsp3) is 0.0741. The second-order valence-corrected chi connectivity index (χ2v) is 11.0. The number of halogens is 2. The van der Waals surface area contributed by atoms with Crippen LogP contribution in [0.4, 0.5) is 11.4 Å². The molecule has 0 fully saturated rings. The summed E-state index contributed by atoms with van der Waals surface area (Å²) >= 11 is 12.5. The number of fused-ring (bicyclic) bond motifs is 3. The summed E-state index contributed by atoms with van der Waals surface area (Å²) in [5.74, 6) is -0.336. The normalized spacial score (nSPS) is 11.6. The maximum absolute atomic E-state index is 12.9. The van der Waals surface area contributed by atoms with Crippen molar-refractivity contribution in [2.24, 2.45) is 0 Å². The minimum Gasteiger partial charge on any atom is -0.456 e. The van der Waals surface area contributed by atoms with Crippen molar-refractivity contribution in [2.75, 3.05) is 15.9 Å². The third-order valence-corrected chi connectivity index (χ3v) is 7.67. The monoisotopic (exact) mass is 538 g/mol. The van der Waals surface area contributed by atoms with Gasteiger partial charge in [0.2, 0.25) is 10.0 Å². The van der Waals surface area contributed by atoms with Crippen LogP contribution < -0.4 is 9.62 Å². The van der Waals surface area contributed by atoms with Crippen LogP contribution in [0, 0.1) is 0 Å². The second kappa shape index (κ2) is 9.50. The van der Waals surface area contributed by atoms with Gasteiger partial charge in [0.05, 0.1) is 18.5 Å². The lowest BCUT2D eigenvalue weighted by Gasteiger charge is -2.23. The molecule has 4 aromatic carbocycles. The summed E-state index contributed by atoms with van der Waals surface area (Å²) in [4.78, 5) is 12.9. The van der Waals surface area contributed by atoms with Crippen molar-refractivity contribution >= 4 is 72.4 Å². The molecule has 0 radical (unpaired) electrons. The van der Waals surface area contributed by atoms with Crippen molar-refractivity contribution in [1.82, 2.24) is 0 Å². The van der Waals surface area contributed by atoms with E-state index < -0.39 is 10.0 Å². The van der Waals surface area contributed by atoms with Gasteiger partial charge in [0.1, 0.15) is 11.2 Å². The summed E-state index contributed by atoms with van der Waals surface area (Å²) in [6.45, 7) is -0.0413. The minimum atomic E-state index is -3.66. The van der Waals surface area contributed by atoms with Crippen molar-refractivity contribution in [3.8, 4) is 0 Å². The molecule has 0 saturated heterocycles. The number of furan rings is 1. The van der Waals surface area contributed by atoms with Crippen LogP contribution in [0.3, 0.4) is 0 Å². The molecule has 0 bridgehead atoms. The van der Waals surface area contributed by atoms with Crippen LogP contribution in [0.1, 0.15) is 15.9 Å². The van der Waals surface area contributed by atoms with Gasteiger partial charge in [-0.1, -0.05) is 47.5 Å². The topological polar surface area (TPSA) is 79.6 Å². The Balaban J connectivity index is 1.37. The molecule has 6 nitrogen and oxygen atoms in total. The first-order valence-electron chi connectivity index (χ1n) is 10.9. The van der Waals surface area contributed by atoms with Crippen molar-refractivity contribution in [3.63, 3.8) is 0 Å². The Morgan fingerprint density at radius 2 is 1.53 bits per heavy atom. The van der Waals surface area contributed by atoms with Crippen LogP contribution >= 0.6 is 23.2 Å². The fourth-order valence-corrected chi connectivity index (χ4v) is 5.40. The molecule has 36 heavy (non-hydrogen) atoms. The number of rotatable bonds is 6. The summed E-state index contributed by atoms with van der Waals surface area (Å²) in [7, 11) is -3.66. The fourth-order valence-electron chi connectivity index (χ4n) is 4.01. The highest BCUT2D eigenvalue weighted by molar-refractivity contribution is 7.92. The maximum Gasteiger partial charge on any atom is 0.255 e. The van der Waals surface area contributed by atoms with E-state index in [2.05, 4.69) is 5.32 Å². The average molecular weight is 539 g/mol.